The molecule has 1 aliphatic rings. The van der Waals surface area contributed by atoms with E-state index in [0.29, 0.717) is 6.42 Å². The van der Waals surface area contributed by atoms with Crippen molar-refractivity contribution in [1.29, 1.82) is 0 Å². The first kappa shape index (κ1) is 11.2. The second-order valence-corrected chi connectivity index (χ2v) is 5.28. The predicted octanol–water partition coefficient (Wildman–Crippen LogP) is 1.66. The van der Waals surface area contributed by atoms with Crippen molar-refractivity contribution >= 4 is 11.7 Å². The first-order valence-corrected chi connectivity index (χ1v) is 5.07. The first-order valence-electron chi connectivity index (χ1n) is 5.07. The van der Waals surface area contributed by atoms with E-state index in [1.54, 1.807) is 6.92 Å². The Balaban J connectivity index is 2.61. The molecule has 0 saturated carbocycles. The Bertz CT molecular complexity index is 270. The smallest absolute Gasteiger partial charge is 0.226 e. The highest BCUT2D eigenvalue weighted by molar-refractivity contribution is 5.85. The van der Waals surface area contributed by atoms with Crippen LogP contribution in [-0.4, -0.2) is 17.2 Å². The molecule has 0 aromatic rings. The van der Waals surface area contributed by atoms with Crippen LogP contribution < -0.4 is 5.32 Å². The van der Waals surface area contributed by atoms with Gasteiger partial charge in [-0.2, -0.15) is 0 Å². The fourth-order valence-corrected chi connectivity index (χ4v) is 2.15. The standard InChI is InChI=1S/C11H19NO2/c1-8(13)5-6-11(4)7-10(2,3)9(14)12-11/h5-7H2,1-4H3,(H,12,14). The first-order chi connectivity index (χ1) is 6.25. The van der Waals surface area contributed by atoms with E-state index in [2.05, 4.69) is 5.32 Å². The van der Waals surface area contributed by atoms with Gasteiger partial charge in [0, 0.05) is 17.4 Å². The number of hydrogen-bond acceptors (Lipinski definition) is 2. The number of nitrogens with one attached hydrogen (secondary N) is 1. The number of ketones is 1. The zero-order chi connectivity index (χ0) is 11.0. The number of carbonyl (C=O) groups excluding carboxylic acids is 2. The van der Waals surface area contributed by atoms with Crippen molar-refractivity contribution in [2.45, 2.75) is 52.5 Å². The molecule has 0 bridgehead atoms. The molecule has 1 N–H and O–H groups in total. The van der Waals surface area contributed by atoms with Crippen LogP contribution >= 0.6 is 0 Å². The molecule has 1 saturated heterocycles. The molecule has 0 aliphatic carbocycles. The van der Waals surface area contributed by atoms with E-state index in [1.165, 1.54) is 0 Å². The van der Waals surface area contributed by atoms with Gasteiger partial charge in [0.25, 0.3) is 0 Å². The normalized spacial score (nSPS) is 30.1. The summed E-state index contributed by atoms with van der Waals surface area (Å²) in [5, 5.41) is 2.98. The van der Waals surface area contributed by atoms with E-state index in [0.717, 1.165) is 12.8 Å². The second kappa shape index (κ2) is 3.37. The zero-order valence-corrected chi connectivity index (χ0v) is 9.44. The van der Waals surface area contributed by atoms with Gasteiger partial charge in [0.05, 0.1) is 0 Å². The average Bonchev–Trinajstić information content (AvgIpc) is 2.19. The van der Waals surface area contributed by atoms with Gasteiger partial charge < -0.3 is 10.1 Å². The molecular formula is C11H19NO2. The third kappa shape index (κ3) is 2.34. The van der Waals surface area contributed by atoms with Gasteiger partial charge in [0.15, 0.2) is 0 Å². The molecule has 0 aromatic heterocycles. The molecule has 14 heavy (non-hydrogen) atoms. The Morgan fingerprint density at radius 2 is 2.00 bits per heavy atom. The Morgan fingerprint density at radius 3 is 2.36 bits per heavy atom. The molecule has 3 heteroatoms. The summed E-state index contributed by atoms with van der Waals surface area (Å²) in [6, 6.07) is 0. The summed E-state index contributed by atoms with van der Waals surface area (Å²) in [7, 11) is 0. The summed E-state index contributed by atoms with van der Waals surface area (Å²) in [5.74, 6) is 0.286. The van der Waals surface area contributed by atoms with E-state index in [9.17, 15) is 9.59 Å². The molecule has 3 nitrogen and oxygen atoms in total. The second-order valence-electron chi connectivity index (χ2n) is 5.28. The average molecular weight is 197 g/mol. The molecule has 1 amide bonds. The maximum atomic E-state index is 11.6. The van der Waals surface area contributed by atoms with Crippen LogP contribution in [0.25, 0.3) is 0 Å². The number of amides is 1. The van der Waals surface area contributed by atoms with Crippen molar-refractivity contribution in [3.8, 4) is 0 Å². The molecule has 0 aromatic carbocycles. The Kier molecular flexibility index (Phi) is 2.70. The quantitative estimate of drug-likeness (QED) is 0.748. The highest BCUT2D eigenvalue weighted by Gasteiger charge is 2.45. The SMILES string of the molecule is CC(=O)CCC1(C)CC(C)(C)C(=O)N1. The van der Waals surface area contributed by atoms with E-state index < -0.39 is 0 Å². The Morgan fingerprint density at radius 1 is 1.43 bits per heavy atom. The summed E-state index contributed by atoms with van der Waals surface area (Å²) in [6.45, 7) is 7.50. The maximum Gasteiger partial charge on any atom is 0.226 e. The molecular weight excluding hydrogens is 178 g/mol. The number of Topliss-reactive ketones (excluding diaryl/α,β-unsaturated/α-hetero) is 1. The fraction of sp³-hybridized carbons (Fsp3) is 0.818. The topological polar surface area (TPSA) is 46.2 Å². The lowest BCUT2D eigenvalue weighted by atomic mass is 9.82. The molecule has 1 atom stereocenters. The van der Waals surface area contributed by atoms with Gasteiger partial charge in [-0.15, -0.1) is 0 Å². The minimum atomic E-state index is -0.286. The van der Waals surface area contributed by atoms with Gasteiger partial charge in [-0.1, -0.05) is 13.8 Å². The van der Waals surface area contributed by atoms with Crippen LogP contribution in [0.5, 0.6) is 0 Å². The summed E-state index contributed by atoms with van der Waals surface area (Å²) >= 11 is 0. The van der Waals surface area contributed by atoms with E-state index in [-0.39, 0.29) is 22.6 Å². The number of hydrogen-bond donors (Lipinski definition) is 1. The van der Waals surface area contributed by atoms with Gasteiger partial charge >= 0.3 is 0 Å². The van der Waals surface area contributed by atoms with E-state index >= 15 is 0 Å². The van der Waals surface area contributed by atoms with Gasteiger partial charge in [-0.05, 0) is 26.7 Å². The van der Waals surface area contributed by atoms with Gasteiger partial charge in [0.1, 0.15) is 5.78 Å². The van der Waals surface area contributed by atoms with E-state index in [1.807, 2.05) is 20.8 Å². The largest absolute Gasteiger partial charge is 0.350 e. The molecule has 1 unspecified atom stereocenters. The Hall–Kier alpha value is -0.860. The lowest BCUT2D eigenvalue weighted by Crippen LogP contribution is -2.38. The van der Waals surface area contributed by atoms with Crippen LogP contribution in [0.2, 0.25) is 0 Å². The third-order valence-electron chi connectivity index (χ3n) is 2.89. The van der Waals surface area contributed by atoms with Crippen molar-refractivity contribution in [3.05, 3.63) is 0 Å². The molecule has 0 radical (unpaired) electrons. The summed E-state index contributed by atoms with van der Waals surface area (Å²) in [4.78, 5) is 22.4. The highest BCUT2D eigenvalue weighted by Crippen LogP contribution is 2.37. The summed E-state index contributed by atoms with van der Waals surface area (Å²) < 4.78 is 0. The van der Waals surface area contributed by atoms with Crippen molar-refractivity contribution in [2.24, 2.45) is 5.41 Å². The highest BCUT2D eigenvalue weighted by atomic mass is 16.2. The van der Waals surface area contributed by atoms with Crippen LogP contribution in [0.15, 0.2) is 0 Å². The van der Waals surface area contributed by atoms with Crippen molar-refractivity contribution < 1.29 is 9.59 Å². The third-order valence-corrected chi connectivity index (χ3v) is 2.89. The van der Waals surface area contributed by atoms with Crippen LogP contribution in [0, 0.1) is 5.41 Å². The van der Waals surface area contributed by atoms with Gasteiger partial charge in [0.2, 0.25) is 5.91 Å². The minimum Gasteiger partial charge on any atom is -0.350 e. The molecule has 1 aliphatic heterocycles. The molecule has 0 spiro atoms. The van der Waals surface area contributed by atoms with Crippen LogP contribution in [0.3, 0.4) is 0 Å². The summed E-state index contributed by atoms with van der Waals surface area (Å²) in [6.07, 6.45) is 2.11. The maximum absolute atomic E-state index is 11.6. The zero-order valence-electron chi connectivity index (χ0n) is 9.44. The van der Waals surface area contributed by atoms with Crippen LogP contribution in [-0.2, 0) is 9.59 Å². The van der Waals surface area contributed by atoms with Crippen LogP contribution in [0.4, 0.5) is 0 Å². The molecule has 80 valence electrons. The minimum absolute atomic E-state index is 0.101. The van der Waals surface area contributed by atoms with Crippen LogP contribution in [0.1, 0.15) is 47.0 Å². The summed E-state index contributed by atoms with van der Waals surface area (Å²) in [5.41, 5.74) is -0.474. The van der Waals surface area contributed by atoms with Gasteiger partial charge in [-0.25, -0.2) is 0 Å². The van der Waals surface area contributed by atoms with Crippen molar-refractivity contribution in [2.75, 3.05) is 0 Å². The lowest BCUT2D eigenvalue weighted by molar-refractivity contribution is -0.126. The van der Waals surface area contributed by atoms with E-state index in [4.69, 9.17) is 0 Å². The predicted molar refractivity (Wildman–Crippen MR) is 54.9 cm³/mol. The number of rotatable bonds is 3. The van der Waals surface area contributed by atoms with Crippen molar-refractivity contribution in [3.63, 3.8) is 0 Å². The molecule has 1 rings (SSSR count). The molecule has 1 heterocycles. The van der Waals surface area contributed by atoms with Crippen molar-refractivity contribution in [1.82, 2.24) is 5.32 Å². The lowest BCUT2D eigenvalue weighted by Gasteiger charge is -2.24. The monoisotopic (exact) mass is 197 g/mol. The number of carbonyl (C=O) groups is 2. The van der Waals surface area contributed by atoms with Gasteiger partial charge in [-0.3, -0.25) is 4.79 Å². The molecule has 1 fully saturated rings. The Labute approximate surface area is 85.3 Å². The fourth-order valence-electron chi connectivity index (χ4n) is 2.15.